The fourth-order valence-electron chi connectivity index (χ4n) is 1.51. The summed E-state index contributed by atoms with van der Waals surface area (Å²) in [5, 5.41) is 8.58. The van der Waals surface area contributed by atoms with Gasteiger partial charge in [0, 0.05) is 5.56 Å². The average molecular weight is 277 g/mol. The Kier molecular flexibility index (Phi) is 3.71. The fraction of sp³-hybridized carbons (Fsp3) is 0. The standard InChI is InChI=1S/C14H6F3NO2/c15-10-3-8(6-18)1-2-13(10)20-14-11(16)4-9(7-19)5-12(14)17/h1-5,7H. The quantitative estimate of drug-likeness (QED) is 0.806. The van der Waals surface area contributed by atoms with E-state index in [1.807, 2.05) is 0 Å². The van der Waals surface area contributed by atoms with Crippen LogP contribution >= 0.6 is 0 Å². The lowest BCUT2D eigenvalue weighted by Crippen LogP contribution is -1.97. The lowest BCUT2D eigenvalue weighted by Gasteiger charge is -2.09. The molecular formula is C14H6F3NO2. The number of aldehydes is 1. The van der Waals surface area contributed by atoms with Crippen molar-refractivity contribution < 1.29 is 22.7 Å². The van der Waals surface area contributed by atoms with Crippen molar-refractivity contribution in [3.05, 3.63) is 58.9 Å². The highest BCUT2D eigenvalue weighted by Gasteiger charge is 2.15. The maximum Gasteiger partial charge on any atom is 0.198 e. The molecule has 0 aliphatic carbocycles. The van der Waals surface area contributed by atoms with E-state index in [4.69, 9.17) is 10.00 Å². The van der Waals surface area contributed by atoms with Gasteiger partial charge >= 0.3 is 0 Å². The van der Waals surface area contributed by atoms with E-state index in [1.165, 1.54) is 6.07 Å². The summed E-state index contributed by atoms with van der Waals surface area (Å²) in [6, 6.07) is 6.46. The van der Waals surface area contributed by atoms with Crippen LogP contribution in [0.3, 0.4) is 0 Å². The van der Waals surface area contributed by atoms with Gasteiger partial charge in [-0.2, -0.15) is 5.26 Å². The molecule has 2 aromatic carbocycles. The van der Waals surface area contributed by atoms with Gasteiger partial charge < -0.3 is 4.74 Å². The Balaban J connectivity index is 2.40. The van der Waals surface area contributed by atoms with Crippen molar-refractivity contribution in [1.82, 2.24) is 0 Å². The van der Waals surface area contributed by atoms with Crippen molar-refractivity contribution in [1.29, 1.82) is 5.26 Å². The first-order valence-electron chi connectivity index (χ1n) is 5.37. The molecule has 0 saturated carbocycles. The van der Waals surface area contributed by atoms with Crippen LogP contribution in [0.2, 0.25) is 0 Å². The molecule has 0 unspecified atom stereocenters. The van der Waals surface area contributed by atoms with Gasteiger partial charge in [0.2, 0.25) is 0 Å². The normalized spacial score (nSPS) is 9.90. The van der Waals surface area contributed by atoms with Gasteiger partial charge in [-0.3, -0.25) is 4.79 Å². The van der Waals surface area contributed by atoms with E-state index in [2.05, 4.69) is 0 Å². The van der Waals surface area contributed by atoms with E-state index in [0.29, 0.717) is 0 Å². The molecular weight excluding hydrogens is 271 g/mol. The van der Waals surface area contributed by atoms with Gasteiger partial charge in [-0.15, -0.1) is 0 Å². The molecule has 0 fully saturated rings. The number of hydrogen-bond acceptors (Lipinski definition) is 3. The highest BCUT2D eigenvalue weighted by atomic mass is 19.1. The molecule has 0 amide bonds. The summed E-state index contributed by atoms with van der Waals surface area (Å²) in [6.07, 6.45) is 0.276. The van der Waals surface area contributed by atoms with E-state index in [9.17, 15) is 18.0 Å². The van der Waals surface area contributed by atoms with Gasteiger partial charge in [-0.1, -0.05) is 0 Å². The molecule has 0 aliphatic heterocycles. The topological polar surface area (TPSA) is 50.1 Å². The van der Waals surface area contributed by atoms with Crippen LogP contribution in [0.15, 0.2) is 30.3 Å². The van der Waals surface area contributed by atoms with Crippen LogP contribution in [0.4, 0.5) is 13.2 Å². The van der Waals surface area contributed by atoms with E-state index in [0.717, 1.165) is 24.3 Å². The lowest BCUT2D eigenvalue weighted by molar-refractivity contribution is 0.112. The Morgan fingerprint density at radius 3 is 2.20 bits per heavy atom. The second kappa shape index (κ2) is 5.45. The number of halogens is 3. The predicted octanol–water partition coefficient (Wildman–Crippen LogP) is 3.58. The number of nitriles is 1. The van der Waals surface area contributed by atoms with Crippen LogP contribution in [-0.2, 0) is 0 Å². The summed E-state index contributed by atoms with van der Waals surface area (Å²) in [6.45, 7) is 0. The summed E-state index contributed by atoms with van der Waals surface area (Å²) in [7, 11) is 0. The highest BCUT2D eigenvalue weighted by Crippen LogP contribution is 2.30. The first-order valence-corrected chi connectivity index (χ1v) is 5.37. The highest BCUT2D eigenvalue weighted by molar-refractivity contribution is 5.75. The van der Waals surface area contributed by atoms with Crippen molar-refractivity contribution in [3.63, 3.8) is 0 Å². The Hall–Kier alpha value is -2.81. The van der Waals surface area contributed by atoms with Crippen LogP contribution in [0.5, 0.6) is 11.5 Å². The van der Waals surface area contributed by atoms with Crippen LogP contribution in [0.25, 0.3) is 0 Å². The van der Waals surface area contributed by atoms with Gasteiger partial charge in [-0.05, 0) is 30.3 Å². The molecule has 0 saturated heterocycles. The van der Waals surface area contributed by atoms with Crippen molar-refractivity contribution in [3.8, 4) is 17.6 Å². The molecule has 0 heterocycles. The number of benzene rings is 2. The number of rotatable bonds is 3. The van der Waals surface area contributed by atoms with Crippen LogP contribution in [0.1, 0.15) is 15.9 Å². The smallest absolute Gasteiger partial charge is 0.198 e. The minimum Gasteiger partial charge on any atom is -0.448 e. The zero-order chi connectivity index (χ0) is 14.7. The Morgan fingerprint density at radius 1 is 1.05 bits per heavy atom. The van der Waals surface area contributed by atoms with E-state index >= 15 is 0 Å². The average Bonchev–Trinajstić information content (AvgIpc) is 2.43. The van der Waals surface area contributed by atoms with Gasteiger partial charge in [0.25, 0.3) is 0 Å². The lowest BCUT2D eigenvalue weighted by atomic mass is 10.2. The third kappa shape index (κ3) is 2.62. The number of hydrogen-bond donors (Lipinski definition) is 0. The molecule has 0 spiro atoms. The SMILES string of the molecule is N#Cc1ccc(Oc2c(F)cc(C=O)cc2F)c(F)c1. The van der Waals surface area contributed by atoms with E-state index < -0.39 is 29.0 Å². The van der Waals surface area contributed by atoms with Crippen molar-refractivity contribution in [2.24, 2.45) is 0 Å². The molecule has 0 bridgehead atoms. The molecule has 20 heavy (non-hydrogen) atoms. The van der Waals surface area contributed by atoms with Crippen LogP contribution in [0, 0.1) is 28.8 Å². The molecule has 0 aliphatic rings. The summed E-state index contributed by atoms with van der Waals surface area (Å²) in [5.41, 5.74) is -0.153. The Labute approximate surface area is 111 Å². The zero-order valence-corrected chi connectivity index (χ0v) is 9.86. The number of nitrogens with zero attached hydrogens (tertiary/aromatic N) is 1. The molecule has 2 rings (SSSR count). The fourth-order valence-corrected chi connectivity index (χ4v) is 1.51. The summed E-state index contributed by atoms with van der Waals surface area (Å²) < 4.78 is 45.5. The second-order valence-corrected chi connectivity index (χ2v) is 3.79. The molecule has 100 valence electrons. The maximum atomic E-state index is 13.6. The minimum absolute atomic E-state index is 0.0482. The zero-order valence-electron chi connectivity index (χ0n) is 9.86. The third-order valence-corrected chi connectivity index (χ3v) is 2.43. The molecule has 3 nitrogen and oxygen atoms in total. The van der Waals surface area contributed by atoms with E-state index in [-0.39, 0.29) is 17.4 Å². The molecule has 0 aromatic heterocycles. The van der Waals surface area contributed by atoms with Crippen LogP contribution < -0.4 is 4.74 Å². The van der Waals surface area contributed by atoms with E-state index in [1.54, 1.807) is 6.07 Å². The van der Waals surface area contributed by atoms with Gasteiger partial charge in [-0.25, -0.2) is 13.2 Å². The Bertz CT molecular complexity index is 700. The summed E-state index contributed by atoms with van der Waals surface area (Å²) >= 11 is 0. The number of ether oxygens (including phenoxy) is 1. The Morgan fingerprint density at radius 2 is 1.70 bits per heavy atom. The molecule has 6 heteroatoms. The second-order valence-electron chi connectivity index (χ2n) is 3.79. The molecule has 0 radical (unpaired) electrons. The summed E-state index contributed by atoms with van der Waals surface area (Å²) in [5.74, 6) is -4.44. The largest absolute Gasteiger partial charge is 0.448 e. The monoisotopic (exact) mass is 277 g/mol. The molecule has 0 atom stereocenters. The molecule has 0 N–H and O–H groups in total. The number of carbonyl (C=O) groups excluding carboxylic acids is 1. The van der Waals surface area contributed by atoms with Crippen LogP contribution in [-0.4, -0.2) is 6.29 Å². The first-order chi connectivity index (χ1) is 9.55. The predicted molar refractivity (Wildman–Crippen MR) is 62.9 cm³/mol. The first kappa shape index (κ1) is 13.6. The van der Waals surface area contributed by atoms with Gasteiger partial charge in [0.15, 0.2) is 29.0 Å². The van der Waals surface area contributed by atoms with Crippen molar-refractivity contribution in [2.45, 2.75) is 0 Å². The van der Waals surface area contributed by atoms with Gasteiger partial charge in [0.05, 0.1) is 11.6 Å². The van der Waals surface area contributed by atoms with Gasteiger partial charge in [0.1, 0.15) is 6.29 Å². The molecule has 2 aromatic rings. The summed E-state index contributed by atoms with van der Waals surface area (Å²) in [4.78, 5) is 10.4. The van der Waals surface area contributed by atoms with Crippen molar-refractivity contribution >= 4 is 6.29 Å². The third-order valence-electron chi connectivity index (χ3n) is 2.43. The minimum atomic E-state index is -1.13. The maximum absolute atomic E-state index is 13.6. The van der Waals surface area contributed by atoms with Crippen molar-refractivity contribution in [2.75, 3.05) is 0 Å². The number of carbonyl (C=O) groups is 1.